The van der Waals surface area contributed by atoms with Gasteiger partial charge in [-0.1, -0.05) is 6.07 Å². The van der Waals surface area contributed by atoms with Crippen LogP contribution in [0.4, 0.5) is 10.5 Å². The lowest BCUT2D eigenvalue weighted by atomic mass is 10.2. The average molecular weight is 257 g/mol. The molecule has 0 saturated carbocycles. The molecule has 1 fully saturated rings. The molecule has 0 radical (unpaired) electrons. The van der Waals surface area contributed by atoms with E-state index in [4.69, 9.17) is 4.74 Å². The normalized spacial score (nSPS) is 15.5. The van der Waals surface area contributed by atoms with Gasteiger partial charge in [0.25, 0.3) is 0 Å². The van der Waals surface area contributed by atoms with E-state index in [-0.39, 0.29) is 6.03 Å². The first-order chi connectivity index (χ1) is 9.33. The minimum absolute atomic E-state index is 0.0773. The number of pyridine rings is 1. The molecule has 2 heterocycles. The van der Waals surface area contributed by atoms with Gasteiger partial charge in [0.15, 0.2) is 0 Å². The molecule has 0 aliphatic carbocycles. The molecule has 1 aliphatic rings. The molecule has 2 aromatic rings. The van der Waals surface area contributed by atoms with E-state index in [9.17, 15) is 4.79 Å². The standard InChI is InChI=1S/C14H15N3O2/c18-14(17-6-8-19-9-7-17)16-12-3-4-13-11(10-12)2-1-5-15-13/h1-5,10H,6-9H2,(H,16,18). The number of nitrogens with one attached hydrogen (secondary N) is 1. The summed E-state index contributed by atoms with van der Waals surface area (Å²) in [6.45, 7) is 2.49. The van der Waals surface area contributed by atoms with Crippen molar-refractivity contribution in [3.63, 3.8) is 0 Å². The number of aromatic nitrogens is 1. The van der Waals surface area contributed by atoms with Crippen molar-refractivity contribution in [3.8, 4) is 0 Å². The van der Waals surface area contributed by atoms with Crippen molar-refractivity contribution in [1.29, 1.82) is 0 Å². The highest BCUT2D eigenvalue weighted by molar-refractivity contribution is 5.92. The Morgan fingerprint density at radius 3 is 2.95 bits per heavy atom. The van der Waals surface area contributed by atoms with Crippen LogP contribution >= 0.6 is 0 Å². The second-order valence-corrected chi connectivity index (χ2v) is 4.44. The monoisotopic (exact) mass is 257 g/mol. The Morgan fingerprint density at radius 1 is 1.26 bits per heavy atom. The predicted molar refractivity (Wildman–Crippen MR) is 73.2 cm³/mol. The van der Waals surface area contributed by atoms with Crippen LogP contribution in [0.1, 0.15) is 0 Å². The van der Waals surface area contributed by atoms with Gasteiger partial charge in [-0.3, -0.25) is 4.98 Å². The number of anilines is 1. The van der Waals surface area contributed by atoms with E-state index >= 15 is 0 Å². The van der Waals surface area contributed by atoms with Crippen molar-refractivity contribution >= 4 is 22.6 Å². The highest BCUT2D eigenvalue weighted by atomic mass is 16.5. The molecule has 1 aliphatic heterocycles. The minimum Gasteiger partial charge on any atom is -0.378 e. The SMILES string of the molecule is O=C(Nc1ccc2ncccc2c1)N1CCOCC1. The lowest BCUT2D eigenvalue weighted by molar-refractivity contribution is 0.0564. The topological polar surface area (TPSA) is 54.5 Å². The summed E-state index contributed by atoms with van der Waals surface area (Å²) < 4.78 is 5.23. The quantitative estimate of drug-likeness (QED) is 0.851. The number of carbonyl (C=O) groups is 1. The van der Waals surface area contributed by atoms with E-state index in [0.29, 0.717) is 26.3 Å². The Hall–Kier alpha value is -2.14. The third kappa shape index (κ3) is 2.66. The highest BCUT2D eigenvalue weighted by Crippen LogP contribution is 2.17. The maximum Gasteiger partial charge on any atom is 0.321 e. The van der Waals surface area contributed by atoms with Gasteiger partial charge < -0.3 is 15.0 Å². The largest absolute Gasteiger partial charge is 0.378 e. The average Bonchev–Trinajstić information content (AvgIpc) is 2.48. The third-order valence-electron chi connectivity index (χ3n) is 3.15. The van der Waals surface area contributed by atoms with Crippen LogP contribution in [0.15, 0.2) is 36.5 Å². The van der Waals surface area contributed by atoms with E-state index in [1.54, 1.807) is 11.1 Å². The van der Waals surface area contributed by atoms with E-state index in [0.717, 1.165) is 16.6 Å². The first-order valence-electron chi connectivity index (χ1n) is 6.31. The van der Waals surface area contributed by atoms with Gasteiger partial charge >= 0.3 is 6.03 Å². The molecular weight excluding hydrogens is 242 g/mol. The number of benzene rings is 1. The van der Waals surface area contributed by atoms with Crippen molar-refractivity contribution in [1.82, 2.24) is 9.88 Å². The molecule has 0 unspecified atom stereocenters. The number of nitrogens with zero attached hydrogens (tertiary/aromatic N) is 2. The molecule has 1 N–H and O–H groups in total. The van der Waals surface area contributed by atoms with Gasteiger partial charge in [0.1, 0.15) is 0 Å². The number of amides is 2. The minimum atomic E-state index is -0.0773. The molecule has 3 rings (SSSR count). The van der Waals surface area contributed by atoms with Crippen molar-refractivity contribution in [3.05, 3.63) is 36.5 Å². The van der Waals surface area contributed by atoms with Crippen molar-refractivity contribution in [2.75, 3.05) is 31.6 Å². The molecule has 98 valence electrons. The summed E-state index contributed by atoms with van der Waals surface area (Å²) in [6.07, 6.45) is 1.76. The molecule has 1 aromatic heterocycles. The molecule has 1 aromatic carbocycles. The lowest BCUT2D eigenvalue weighted by Gasteiger charge is -2.26. The van der Waals surface area contributed by atoms with Crippen LogP contribution in [0.2, 0.25) is 0 Å². The van der Waals surface area contributed by atoms with E-state index in [1.807, 2.05) is 30.3 Å². The summed E-state index contributed by atoms with van der Waals surface area (Å²) in [5.41, 5.74) is 1.71. The lowest BCUT2D eigenvalue weighted by Crippen LogP contribution is -2.43. The van der Waals surface area contributed by atoms with Gasteiger partial charge in [0.05, 0.1) is 18.7 Å². The molecular formula is C14H15N3O2. The van der Waals surface area contributed by atoms with Crippen LogP contribution < -0.4 is 5.32 Å². The highest BCUT2D eigenvalue weighted by Gasteiger charge is 2.16. The first-order valence-corrected chi connectivity index (χ1v) is 6.31. The van der Waals surface area contributed by atoms with Crippen LogP contribution in [0.3, 0.4) is 0 Å². The summed E-state index contributed by atoms with van der Waals surface area (Å²) >= 11 is 0. The fraction of sp³-hybridized carbons (Fsp3) is 0.286. The molecule has 0 spiro atoms. The zero-order valence-corrected chi connectivity index (χ0v) is 10.5. The second-order valence-electron chi connectivity index (χ2n) is 4.44. The number of carbonyl (C=O) groups excluding carboxylic acids is 1. The summed E-state index contributed by atoms with van der Waals surface area (Å²) in [5.74, 6) is 0. The molecule has 0 bridgehead atoms. The molecule has 5 heteroatoms. The van der Waals surface area contributed by atoms with Crippen molar-refractivity contribution in [2.45, 2.75) is 0 Å². The number of hydrogen-bond acceptors (Lipinski definition) is 3. The number of fused-ring (bicyclic) bond motifs is 1. The van der Waals surface area contributed by atoms with Gasteiger partial charge in [-0.15, -0.1) is 0 Å². The van der Waals surface area contributed by atoms with Crippen LogP contribution in [0.5, 0.6) is 0 Å². The van der Waals surface area contributed by atoms with Crippen molar-refractivity contribution < 1.29 is 9.53 Å². The fourth-order valence-electron chi connectivity index (χ4n) is 2.12. The van der Waals surface area contributed by atoms with E-state index < -0.39 is 0 Å². The number of rotatable bonds is 1. The smallest absolute Gasteiger partial charge is 0.321 e. The van der Waals surface area contributed by atoms with Crippen LogP contribution in [-0.4, -0.2) is 42.2 Å². The van der Waals surface area contributed by atoms with Crippen molar-refractivity contribution in [2.24, 2.45) is 0 Å². The molecule has 2 amide bonds. The van der Waals surface area contributed by atoms with Crippen LogP contribution in [0, 0.1) is 0 Å². The Balaban J connectivity index is 1.75. The summed E-state index contributed by atoms with van der Waals surface area (Å²) in [6, 6.07) is 9.49. The third-order valence-corrected chi connectivity index (χ3v) is 3.15. The van der Waals surface area contributed by atoms with Gasteiger partial charge in [0.2, 0.25) is 0 Å². The van der Waals surface area contributed by atoms with Crippen LogP contribution in [0.25, 0.3) is 10.9 Å². The number of morpholine rings is 1. The summed E-state index contributed by atoms with van der Waals surface area (Å²) in [5, 5.41) is 3.92. The molecule has 5 nitrogen and oxygen atoms in total. The number of hydrogen-bond donors (Lipinski definition) is 1. The summed E-state index contributed by atoms with van der Waals surface area (Å²) in [4.78, 5) is 18.1. The van der Waals surface area contributed by atoms with Gasteiger partial charge in [-0.25, -0.2) is 4.79 Å². The van der Waals surface area contributed by atoms with Crippen LogP contribution in [-0.2, 0) is 4.74 Å². The van der Waals surface area contributed by atoms with E-state index in [2.05, 4.69) is 10.3 Å². The number of ether oxygens (including phenoxy) is 1. The zero-order chi connectivity index (χ0) is 13.1. The number of urea groups is 1. The molecule has 19 heavy (non-hydrogen) atoms. The Labute approximate surface area is 111 Å². The Kier molecular flexibility index (Phi) is 3.29. The molecule has 1 saturated heterocycles. The Bertz CT molecular complexity index is 594. The molecule has 0 atom stereocenters. The maximum atomic E-state index is 12.0. The summed E-state index contributed by atoms with van der Waals surface area (Å²) in [7, 11) is 0. The fourth-order valence-corrected chi connectivity index (χ4v) is 2.12. The predicted octanol–water partition coefficient (Wildman–Crippen LogP) is 2.10. The van der Waals surface area contributed by atoms with Gasteiger partial charge in [0, 0.05) is 30.4 Å². The Morgan fingerprint density at radius 2 is 2.11 bits per heavy atom. The first kappa shape index (κ1) is 11.9. The maximum absolute atomic E-state index is 12.0. The zero-order valence-electron chi connectivity index (χ0n) is 10.5. The van der Waals surface area contributed by atoms with Gasteiger partial charge in [-0.2, -0.15) is 0 Å². The second kappa shape index (κ2) is 5.24. The van der Waals surface area contributed by atoms with Gasteiger partial charge in [-0.05, 0) is 24.3 Å². The van der Waals surface area contributed by atoms with E-state index in [1.165, 1.54) is 0 Å².